The van der Waals surface area contributed by atoms with Crippen molar-refractivity contribution in [3.05, 3.63) is 33.4 Å². The van der Waals surface area contributed by atoms with E-state index in [2.05, 4.69) is 5.10 Å². The molecule has 0 saturated carbocycles. The fourth-order valence-electron chi connectivity index (χ4n) is 1.79. The Morgan fingerprint density at radius 2 is 2.10 bits per heavy atom. The third-order valence-electron chi connectivity index (χ3n) is 2.74. The van der Waals surface area contributed by atoms with Crippen LogP contribution in [0.4, 0.5) is 0 Å². The number of aromatic hydroxyl groups is 1. The van der Waals surface area contributed by atoms with Crippen molar-refractivity contribution in [1.29, 1.82) is 0 Å². The fourth-order valence-corrected chi connectivity index (χ4v) is 2.21. The average Bonchev–Trinajstić information content (AvgIpc) is 2.69. The van der Waals surface area contributed by atoms with Gasteiger partial charge >= 0.3 is 0 Å². The summed E-state index contributed by atoms with van der Waals surface area (Å²) in [7, 11) is 1.60. The number of halogens is 2. The first-order chi connectivity index (χ1) is 9.85. The number of nitrogen functional groups attached to an aromatic ring is 1. The number of ether oxygens (including phenoxy) is 1. The van der Waals surface area contributed by atoms with E-state index in [-0.39, 0.29) is 33.0 Å². The van der Waals surface area contributed by atoms with Crippen LogP contribution in [0, 0.1) is 6.92 Å². The third-order valence-corrected chi connectivity index (χ3v) is 3.33. The molecule has 7 nitrogen and oxygen atoms in total. The minimum Gasteiger partial charge on any atom is -0.506 e. The van der Waals surface area contributed by atoms with Gasteiger partial charge in [-0.05, 0) is 13.0 Å². The molecular weight excluding hydrogens is 319 g/mol. The molecule has 0 saturated heterocycles. The van der Waals surface area contributed by atoms with Gasteiger partial charge in [0, 0.05) is 13.1 Å². The molecule has 0 aliphatic rings. The molecule has 1 aromatic carbocycles. The van der Waals surface area contributed by atoms with E-state index in [1.807, 2.05) is 5.43 Å². The molecule has 0 bridgehead atoms. The van der Waals surface area contributed by atoms with Crippen molar-refractivity contribution in [2.75, 3.05) is 0 Å². The lowest BCUT2D eigenvalue weighted by molar-refractivity contribution is 0.0950. The smallest absolute Gasteiger partial charge is 0.272 e. The second kappa shape index (κ2) is 5.80. The van der Waals surface area contributed by atoms with Crippen molar-refractivity contribution >= 4 is 29.1 Å². The van der Waals surface area contributed by atoms with Gasteiger partial charge in [0.15, 0.2) is 5.75 Å². The van der Waals surface area contributed by atoms with Gasteiger partial charge in [-0.3, -0.25) is 10.2 Å². The quantitative estimate of drug-likeness (QED) is 0.454. The summed E-state index contributed by atoms with van der Waals surface area (Å²) in [5.41, 5.74) is 2.63. The molecule has 9 heteroatoms. The molecule has 1 aromatic heterocycles. The van der Waals surface area contributed by atoms with Crippen molar-refractivity contribution in [3.63, 3.8) is 0 Å². The highest BCUT2D eigenvalue weighted by molar-refractivity contribution is 6.36. The first kappa shape index (κ1) is 15.4. The first-order valence-electron chi connectivity index (χ1n) is 5.75. The average molecular weight is 331 g/mol. The Bertz CT molecular complexity index is 715. The van der Waals surface area contributed by atoms with Crippen LogP contribution in [-0.4, -0.2) is 20.8 Å². The number of phenols is 1. The maximum absolute atomic E-state index is 11.8. The van der Waals surface area contributed by atoms with Crippen LogP contribution in [0.3, 0.4) is 0 Å². The van der Waals surface area contributed by atoms with Crippen LogP contribution in [0.15, 0.2) is 12.1 Å². The lowest BCUT2D eigenvalue weighted by atomic mass is 10.2. The Kier molecular flexibility index (Phi) is 4.26. The number of nitrogens with one attached hydrogen (secondary N) is 1. The highest BCUT2D eigenvalue weighted by atomic mass is 35.5. The number of nitrogens with zero attached hydrogens (tertiary/aromatic N) is 2. The van der Waals surface area contributed by atoms with Gasteiger partial charge in [0.25, 0.3) is 5.91 Å². The zero-order chi connectivity index (χ0) is 15.7. The van der Waals surface area contributed by atoms with Gasteiger partial charge in [-0.25, -0.2) is 10.5 Å². The molecule has 1 heterocycles. The molecule has 0 aliphatic carbocycles. The number of aromatic nitrogens is 2. The van der Waals surface area contributed by atoms with E-state index in [0.29, 0.717) is 5.69 Å². The number of amides is 1. The van der Waals surface area contributed by atoms with Gasteiger partial charge in [-0.15, -0.1) is 0 Å². The highest BCUT2D eigenvalue weighted by Gasteiger charge is 2.22. The van der Waals surface area contributed by atoms with Crippen LogP contribution in [0.2, 0.25) is 10.0 Å². The van der Waals surface area contributed by atoms with E-state index in [0.717, 1.165) is 0 Å². The maximum Gasteiger partial charge on any atom is 0.272 e. The molecule has 112 valence electrons. The summed E-state index contributed by atoms with van der Waals surface area (Å²) in [6.45, 7) is 1.64. The Balaban J connectivity index is 2.50. The molecule has 0 radical (unpaired) electrons. The third kappa shape index (κ3) is 2.90. The van der Waals surface area contributed by atoms with E-state index in [1.54, 1.807) is 14.0 Å². The first-order valence-corrected chi connectivity index (χ1v) is 6.51. The van der Waals surface area contributed by atoms with E-state index in [1.165, 1.54) is 16.8 Å². The molecule has 21 heavy (non-hydrogen) atoms. The van der Waals surface area contributed by atoms with Crippen LogP contribution >= 0.6 is 23.2 Å². The Morgan fingerprint density at radius 3 is 2.71 bits per heavy atom. The minimum absolute atomic E-state index is 0.0912. The number of benzene rings is 1. The molecule has 1 amide bonds. The molecule has 2 rings (SSSR count). The zero-order valence-corrected chi connectivity index (χ0v) is 12.7. The number of aryl methyl sites for hydroxylation is 2. The zero-order valence-electron chi connectivity index (χ0n) is 11.1. The van der Waals surface area contributed by atoms with E-state index < -0.39 is 5.91 Å². The summed E-state index contributed by atoms with van der Waals surface area (Å²) in [4.78, 5) is 11.8. The number of rotatable bonds is 3. The number of carbonyl (C=O) groups is 1. The lowest BCUT2D eigenvalue weighted by Gasteiger charge is -2.10. The Morgan fingerprint density at radius 1 is 1.43 bits per heavy atom. The monoisotopic (exact) mass is 330 g/mol. The van der Waals surface area contributed by atoms with Crippen LogP contribution in [0.25, 0.3) is 0 Å². The number of hydrazine groups is 1. The number of phenolic OH excluding ortho intramolecular Hbond substituents is 1. The number of carbonyl (C=O) groups excluding carboxylic acids is 1. The molecule has 0 aliphatic heterocycles. The predicted octanol–water partition coefficient (Wildman–Crippen LogP) is 2.14. The fraction of sp³-hybridized carbons (Fsp3) is 0.167. The highest BCUT2D eigenvalue weighted by Crippen LogP contribution is 2.38. The largest absolute Gasteiger partial charge is 0.506 e. The van der Waals surface area contributed by atoms with E-state index in [4.69, 9.17) is 33.8 Å². The summed E-state index contributed by atoms with van der Waals surface area (Å²) in [6.07, 6.45) is 0. The number of nitrogens with two attached hydrogens (primary N) is 1. The summed E-state index contributed by atoms with van der Waals surface area (Å²) < 4.78 is 6.95. The Hall–Kier alpha value is -1.96. The van der Waals surface area contributed by atoms with Crippen molar-refractivity contribution in [1.82, 2.24) is 15.2 Å². The molecule has 2 aromatic rings. The summed E-state index contributed by atoms with van der Waals surface area (Å²) >= 11 is 11.7. The second-order valence-corrected chi connectivity index (χ2v) is 5.01. The Labute approximate surface area is 130 Å². The summed E-state index contributed by atoms with van der Waals surface area (Å²) in [5.74, 6) is 4.67. The molecular formula is C12H12Cl2N4O3. The van der Waals surface area contributed by atoms with Gasteiger partial charge in [-0.1, -0.05) is 23.2 Å². The second-order valence-electron chi connectivity index (χ2n) is 4.20. The lowest BCUT2D eigenvalue weighted by Crippen LogP contribution is -2.30. The van der Waals surface area contributed by atoms with Crippen molar-refractivity contribution in [3.8, 4) is 17.4 Å². The number of hydrogen-bond acceptors (Lipinski definition) is 5. The topological polar surface area (TPSA) is 102 Å². The molecule has 4 N–H and O–H groups in total. The number of hydrogen-bond donors (Lipinski definition) is 3. The van der Waals surface area contributed by atoms with Crippen LogP contribution in [0.5, 0.6) is 17.4 Å². The minimum atomic E-state index is -0.551. The van der Waals surface area contributed by atoms with Crippen LogP contribution < -0.4 is 16.0 Å². The van der Waals surface area contributed by atoms with Crippen molar-refractivity contribution in [2.45, 2.75) is 6.92 Å². The van der Waals surface area contributed by atoms with Gasteiger partial charge in [-0.2, -0.15) is 5.10 Å². The van der Waals surface area contributed by atoms with Gasteiger partial charge in [0.1, 0.15) is 11.3 Å². The van der Waals surface area contributed by atoms with E-state index in [9.17, 15) is 9.90 Å². The van der Waals surface area contributed by atoms with Crippen LogP contribution in [0.1, 0.15) is 16.1 Å². The SMILES string of the molecule is Cc1nn(C)c(Oc2cc(O)c(Cl)cc2Cl)c1C(=O)NN. The van der Waals surface area contributed by atoms with Gasteiger partial charge < -0.3 is 9.84 Å². The van der Waals surface area contributed by atoms with Gasteiger partial charge in [0.2, 0.25) is 5.88 Å². The molecule has 0 unspecified atom stereocenters. The van der Waals surface area contributed by atoms with Crippen LogP contribution in [-0.2, 0) is 7.05 Å². The maximum atomic E-state index is 11.8. The summed E-state index contributed by atoms with van der Waals surface area (Å²) in [6, 6.07) is 2.58. The van der Waals surface area contributed by atoms with E-state index >= 15 is 0 Å². The molecule has 0 fully saturated rings. The standard InChI is InChI=1S/C12H12Cl2N4O3/c1-5-10(11(20)16-15)12(18(2)17-5)21-9-4-8(19)6(13)3-7(9)14/h3-4,19H,15H2,1-2H3,(H,16,20). The van der Waals surface area contributed by atoms with Gasteiger partial charge in [0.05, 0.1) is 15.7 Å². The van der Waals surface area contributed by atoms with Crippen molar-refractivity contribution in [2.24, 2.45) is 12.9 Å². The van der Waals surface area contributed by atoms with Crippen molar-refractivity contribution < 1.29 is 14.6 Å². The summed E-state index contributed by atoms with van der Waals surface area (Å²) in [5, 5.41) is 14.0. The normalized spacial score (nSPS) is 10.5. The molecule has 0 atom stereocenters. The molecule has 0 spiro atoms. The predicted molar refractivity (Wildman–Crippen MR) is 77.8 cm³/mol.